The maximum atomic E-state index is 13.7. The number of hydrogen-bond donors (Lipinski definition) is 1. The van der Waals surface area contributed by atoms with E-state index in [2.05, 4.69) is 6.08 Å². The van der Waals surface area contributed by atoms with Crippen LogP contribution in [-0.2, 0) is 14.8 Å². The number of likely N-dealkylation sites (N-methyl/N-ethyl adjacent to an activating group) is 1. The SMILES string of the molecule is C[C@@H]1CN([C@@H](C)CO)S(=O)(=O)c2ccc(C3=CCCCC3)cc2O[C@H]1CN(C)C(=O)C1CCCCC1. The largest absolute Gasteiger partial charge is 0.487 e. The number of aliphatic hydroxyl groups is 1. The number of carbonyl (C=O) groups excluding carboxylic acids is 1. The predicted molar refractivity (Wildman–Crippen MR) is 141 cm³/mol. The van der Waals surface area contributed by atoms with Crippen molar-refractivity contribution >= 4 is 21.5 Å². The number of nitrogens with zero attached hydrogens (tertiary/aromatic N) is 2. The van der Waals surface area contributed by atoms with E-state index in [9.17, 15) is 18.3 Å². The normalized spacial score (nSPS) is 26.1. The van der Waals surface area contributed by atoms with Gasteiger partial charge in [0.25, 0.3) is 0 Å². The Balaban J connectivity index is 1.68. The third-order valence-corrected chi connectivity index (χ3v) is 10.1. The molecule has 8 heteroatoms. The van der Waals surface area contributed by atoms with Crippen LogP contribution in [0.5, 0.6) is 5.75 Å². The monoisotopic (exact) mass is 518 g/mol. The number of benzene rings is 1. The number of allylic oxidation sites excluding steroid dienone is 2. The summed E-state index contributed by atoms with van der Waals surface area (Å²) in [7, 11) is -2.04. The summed E-state index contributed by atoms with van der Waals surface area (Å²) < 4.78 is 35.3. The summed E-state index contributed by atoms with van der Waals surface area (Å²) in [5.74, 6) is 0.378. The fourth-order valence-corrected chi connectivity index (χ4v) is 7.59. The van der Waals surface area contributed by atoms with Crippen molar-refractivity contribution in [1.82, 2.24) is 9.21 Å². The van der Waals surface area contributed by atoms with Crippen LogP contribution in [0.1, 0.15) is 77.2 Å². The Hall–Kier alpha value is -1.90. The van der Waals surface area contributed by atoms with Gasteiger partial charge in [-0.1, -0.05) is 38.3 Å². The van der Waals surface area contributed by atoms with Gasteiger partial charge in [0.05, 0.1) is 13.2 Å². The summed E-state index contributed by atoms with van der Waals surface area (Å²) in [4.78, 5) is 15.1. The lowest BCUT2D eigenvalue weighted by molar-refractivity contribution is -0.136. The van der Waals surface area contributed by atoms with E-state index in [0.29, 0.717) is 12.3 Å². The Labute approximate surface area is 216 Å². The minimum Gasteiger partial charge on any atom is -0.487 e. The van der Waals surface area contributed by atoms with Gasteiger partial charge in [-0.3, -0.25) is 4.79 Å². The van der Waals surface area contributed by atoms with Crippen LogP contribution in [0.3, 0.4) is 0 Å². The van der Waals surface area contributed by atoms with E-state index in [1.807, 2.05) is 26.1 Å². The van der Waals surface area contributed by atoms with Gasteiger partial charge in [-0.2, -0.15) is 4.31 Å². The second-order valence-corrected chi connectivity index (χ2v) is 12.8. The van der Waals surface area contributed by atoms with Crippen LogP contribution >= 0.6 is 0 Å². The second kappa shape index (κ2) is 11.7. The fourth-order valence-electron chi connectivity index (χ4n) is 5.76. The number of amides is 1. The number of carbonyl (C=O) groups is 1. The van der Waals surface area contributed by atoms with E-state index in [-0.39, 0.29) is 41.9 Å². The highest BCUT2D eigenvalue weighted by Gasteiger charge is 2.39. The van der Waals surface area contributed by atoms with Gasteiger partial charge in [-0.15, -0.1) is 0 Å². The zero-order valence-electron chi connectivity index (χ0n) is 22.0. The molecule has 0 bridgehead atoms. The van der Waals surface area contributed by atoms with Crippen LogP contribution in [0.25, 0.3) is 5.57 Å². The molecule has 4 rings (SSSR count). The molecule has 0 aromatic heterocycles. The van der Waals surface area contributed by atoms with E-state index in [1.165, 1.54) is 22.7 Å². The maximum Gasteiger partial charge on any atom is 0.247 e. The average Bonchev–Trinajstić information content (AvgIpc) is 2.90. The molecular formula is C28H42N2O5S. The van der Waals surface area contributed by atoms with Gasteiger partial charge in [-0.05, 0) is 68.7 Å². The highest BCUT2D eigenvalue weighted by Crippen LogP contribution is 2.37. The number of aliphatic hydroxyl groups excluding tert-OH is 1. The maximum absolute atomic E-state index is 13.7. The van der Waals surface area contributed by atoms with Crippen molar-refractivity contribution in [2.24, 2.45) is 11.8 Å². The smallest absolute Gasteiger partial charge is 0.247 e. The van der Waals surface area contributed by atoms with Gasteiger partial charge >= 0.3 is 0 Å². The molecule has 0 saturated heterocycles. The summed E-state index contributed by atoms with van der Waals surface area (Å²) in [5.41, 5.74) is 2.21. The van der Waals surface area contributed by atoms with E-state index < -0.39 is 16.1 Å². The molecule has 0 radical (unpaired) electrons. The van der Waals surface area contributed by atoms with E-state index in [4.69, 9.17) is 4.74 Å². The number of fused-ring (bicyclic) bond motifs is 1. The molecule has 1 amide bonds. The van der Waals surface area contributed by atoms with E-state index in [1.54, 1.807) is 17.9 Å². The molecule has 7 nitrogen and oxygen atoms in total. The molecule has 0 unspecified atom stereocenters. The lowest BCUT2D eigenvalue weighted by atomic mass is 9.88. The van der Waals surface area contributed by atoms with Crippen molar-refractivity contribution in [3.63, 3.8) is 0 Å². The lowest BCUT2D eigenvalue weighted by Crippen LogP contribution is -2.50. The minimum atomic E-state index is -3.87. The first kappa shape index (κ1) is 27.1. The third kappa shape index (κ3) is 5.81. The number of ether oxygens (including phenoxy) is 1. The average molecular weight is 519 g/mol. The zero-order valence-corrected chi connectivity index (χ0v) is 22.8. The van der Waals surface area contributed by atoms with E-state index in [0.717, 1.165) is 50.5 Å². The van der Waals surface area contributed by atoms with Crippen LogP contribution in [0.15, 0.2) is 29.2 Å². The van der Waals surface area contributed by atoms with Crippen LogP contribution in [0.4, 0.5) is 0 Å². The first-order valence-electron chi connectivity index (χ1n) is 13.6. The molecule has 2 aliphatic carbocycles. The van der Waals surface area contributed by atoms with Gasteiger partial charge in [0.2, 0.25) is 15.9 Å². The topological polar surface area (TPSA) is 87.2 Å². The van der Waals surface area contributed by atoms with Crippen molar-refractivity contribution in [3.8, 4) is 5.75 Å². The van der Waals surface area contributed by atoms with Crippen LogP contribution in [0.2, 0.25) is 0 Å². The Kier molecular flexibility index (Phi) is 8.79. The molecule has 1 saturated carbocycles. The van der Waals surface area contributed by atoms with Crippen LogP contribution < -0.4 is 4.74 Å². The standard InChI is InChI=1S/C28H42N2O5S/c1-20-17-30(21(2)19-31)36(33,34)27-15-14-24(22-10-6-4-7-11-22)16-25(27)35-26(20)18-29(3)28(32)23-12-8-5-9-13-23/h10,14-16,20-21,23,26,31H,4-9,11-13,17-19H2,1-3H3/t20-,21+,26+/m1/s1. The number of rotatable bonds is 6. The first-order valence-corrected chi connectivity index (χ1v) is 15.0. The molecule has 1 aromatic rings. The quantitative estimate of drug-likeness (QED) is 0.601. The van der Waals surface area contributed by atoms with Crippen LogP contribution in [0, 0.1) is 11.8 Å². The van der Waals surface area contributed by atoms with Gasteiger partial charge in [0.1, 0.15) is 16.7 Å². The Morgan fingerprint density at radius 3 is 2.61 bits per heavy atom. The predicted octanol–water partition coefficient (Wildman–Crippen LogP) is 4.45. The molecule has 0 spiro atoms. The van der Waals surface area contributed by atoms with E-state index >= 15 is 0 Å². The Morgan fingerprint density at radius 2 is 1.94 bits per heavy atom. The Bertz CT molecular complexity index is 1060. The van der Waals surface area contributed by atoms with Crippen molar-refractivity contribution < 1.29 is 23.1 Å². The second-order valence-electron chi connectivity index (χ2n) is 10.9. The molecule has 3 atom stereocenters. The molecule has 36 heavy (non-hydrogen) atoms. The summed E-state index contributed by atoms with van der Waals surface area (Å²) in [6, 6.07) is 4.82. The number of hydrogen-bond acceptors (Lipinski definition) is 5. The highest BCUT2D eigenvalue weighted by atomic mass is 32.2. The van der Waals surface area contributed by atoms with Gasteiger partial charge < -0.3 is 14.7 Å². The van der Waals surface area contributed by atoms with Crippen molar-refractivity contribution in [2.45, 2.75) is 88.7 Å². The molecular weight excluding hydrogens is 476 g/mol. The van der Waals surface area contributed by atoms with Crippen molar-refractivity contribution in [3.05, 3.63) is 29.8 Å². The summed E-state index contributed by atoms with van der Waals surface area (Å²) in [5, 5.41) is 9.86. The summed E-state index contributed by atoms with van der Waals surface area (Å²) in [6.45, 7) is 4.03. The molecule has 1 heterocycles. The highest BCUT2D eigenvalue weighted by molar-refractivity contribution is 7.89. The number of sulfonamides is 1. The lowest BCUT2D eigenvalue weighted by Gasteiger charge is -2.38. The summed E-state index contributed by atoms with van der Waals surface area (Å²) in [6.07, 6.45) is 11.4. The first-order chi connectivity index (χ1) is 17.2. The van der Waals surface area contributed by atoms with Gasteiger partial charge in [-0.25, -0.2) is 8.42 Å². The molecule has 1 fully saturated rings. The molecule has 1 N–H and O–H groups in total. The van der Waals surface area contributed by atoms with Crippen LogP contribution in [-0.4, -0.2) is 67.5 Å². The molecule has 1 aliphatic heterocycles. The third-order valence-electron chi connectivity index (χ3n) is 8.11. The van der Waals surface area contributed by atoms with Crippen molar-refractivity contribution in [2.75, 3.05) is 26.7 Å². The molecule has 3 aliphatic rings. The minimum absolute atomic E-state index is 0.0658. The molecule has 1 aromatic carbocycles. The molecule has 200 valence electrons. The zero-order chi connectivity index (χ0) is 25.9. The van der Waals surface area contributed by atoms with Crippen molar-refractivity contribution in [1.29, 1.82) is 0 Å². The fraction of sp³-hybridized carbons (Fsp3) is 0.679. The van der Waals surface area contributed by atoms with Gasteiger partial charge in [0.15, 0.2) is 0 Å². The Morgan fingerprint density at radius 1 is 1.19 bits per heavy atom. The van der Waals surface area contributed by atoms with Gasteiger partial charge in [0, 0.05) is 31.5 Å². The summed E-state index contributed by atoms with van der Waals surface area (Å²) >= 11 is 0.